The molecule has 1 amide bonds. The van der Waals surface area contributed by atoms with Gasteiger partial charge in [-0.1, -0.05) is 110 Å². The fraction of sp³-hybridized carbons (Fsp3) is 0.0385. The van der Waals surface area contributed by atoms with Crippen molar-refractivity contribution in [3.63, 3.8) is 0 Å². The third-order valence-electron chi connectivity index (χ3n) is 5.00. The summed E-state index contributed by atoms with van der Waals surface area (Å²) in [6.45, 7) is 0. The number of allylic oxidation sites excluding steroid dienone is 3. The van der Waals surface area contributed by atoms with Gasteiger partial charge in [0, 0.05) is 26.5 Å². The molecule has 4 rings (SSSR count). The average Bonchev–Trinajstić information content (AvgIpc) is 3.15. The Morgan fingerprint density at radius 3 is 1.97 bits per heavy atom. The summed E-state index contributed by atoms with van der Waals surface area (Å²) in [6.07, 6.45) is 2.13. The van der Waals surface area contributed by atoms with Crippen molar-refractivity contribution in [1.29, 1.82) is 0 Å². The van der Waals surface area contributed by atoms with Gasteiger partial charge in [0.1, 0.15) is 4.32 Å². The summed E-state index contributed by atoms with van der Waals surface area (Å²) < 4.78 is 2.28. The molecule has 0 aliphatic carbocycles. The fourth-order valence-corrected chi connectivity index (χ4v) is 5.01. The maximum absolute atomic E-state index is 13.2. The lowest BCUT2D eigenvalue weighted by Crippen LogP contribution is -2.18. The molecule has 1 heterocycles. The van der Waals surface area contributed by atoms with Crippen LogP contribution >= 0.6 is 55.8 Å². The molecular formula is C26H17Br2NO2S2. The zero-order chi connectivity index (χ0) is 23.4. The molecule has 1 aliphatic heterocycles. The first-order chi connectivity index (χ1) is 15.9. The molecule has 33 heavy (non-hydrogen) atoms. The predicted molar refractivity (Wildman–Crippen MR) is 147 cm³/mol. The van der Waals surface area contributed by atoms with Crippen molar-refractivity contribution in [1.82, 2.24) is 5.32 Å². The van der Waals surface area contributed by atoms with E-state index in [-0.39, 0.29) is 18.1 Å². The Bertz CT molecular complexity index is 1280. The van der Waals surface area contributed by atoms with Crippen molar-refractivity contribution < 1.29 is 9.59 Å². The van der Waals surface area contributed by atoms with Crippen LogP contribution in [0, 0.1) is 0 Å². The summed E-state index contributed by atoms with van der Waals surface area (Å²) in [6, 6.07) is 24.8. The van der Waals surface area contributed by atoms with Crippen molar-refractivity contribution >= 4 is 83.0 Å². The van der Waals surface area contributed by atoms with Gasteiger partial charge in [-0.25, -0.2) is 0 Å². The van der Waals surface area contributed by atoms with Gasteiger partial charge in [0.15, 0.2) is 5.78 Å². The zero-order valence-electron chi connectivity index (χ0n) is 17.2. The maximum atomic E-state index is 13.2. The van der Waals surface area contributed by atoms with Crippen molar-refractivity contribution in [3.05, 3.63) is 115 Å². The second kappa shape index (κ2) is 10.7. The minimum absolute atomic E-state index is 0.00296. The Morgan fingerprint density at radius 2 is 1.42 bits per heavy atom. The topological polar surface area (TPSA) is 46.2 Å². The number of ketones is 1. The quantitative estimate of drug-likeness (QED) is 0.182. The van der Waals surface area contributed by atoms with Gasteiger partial charge >= 0.3 is 0 Å². The summed E-state index contributed by atoms with van der Waals surface area (Å²) in [7, 11) is 0. The lowest BCUT2D eigenvalue weighted by atomic mass is 9.93. The Morgan fingerprint density at radius 1 is 0.848 bits per heavy atom. The van der Waals surface area contributed by atoms with Crippen LogP contribution in [0.2, 0.25) is 0 Å². The largest absolute Gasteiger partial charge is 0.307 e. The number of carbonyl (C=O) groups excluding carboxylic acids is 2. The third-order valence-corrected chi connectivity index (χ3v) is 7.30. The van der Waals surface area contributed by atoms with Crippen molar-refractivity contribution in [2.75, 3.05) is 0 Å². The van der Waals surface area contributed by atoms with Gasteiger partial charge in [0.25, 0.3) is 5.91 Å². The number of thioether (sulfide) groups is 1. The van der Waals surface area contributed by atoms with Gasteiger partial charge in [0.05, 0.1) is 4.91 Å². The van der Waals surface area contributed by atoms with Gasteiger partial charge < -0.3 is 5.32 Å². The first-order valence-electron chi connectivity index (χ1n) is 9.99. The van der Waals surface area contributed by atoms with Crippen LogP contribution in [0.4, 0.5) is 0 Å². The molecule has 1 aliphatic rings. The molecule has 0 aromatic heterocycles. The van der Waals surface area contributed by atoms with Crippen LogP contribution in [-0.2, 0) is 4.79 Å². The van der Waals surface area contributed by atoms with E-state index < -0.39 is 0 Å². The highest BCUT2D eigenvalue weighted by atomic mass is 79.9. The Balaban J connectivity index is 1.83. The number of Topliss-reactive ketones (excluding diaryl/α,β-unsaturated/α-hetero) is 1. The highest BCUT2D eigenvalue weighted by molar-refractivity contribution is 9.10. The highest BCUT2D eigenvalue weighted by Gasteiger charge is 2.26. The molecule has 0 saturated carbocycles. The third kappa shape index (κ3) is 5.98. The SMILES string of the molecule is O=C1NC(=S)S/C1=C(/C=C(\CC(=O)c1ccc(Br)cc1)c1ccccc1)c1ccc(Br)cc1. The maximum Gasteiger partial charge on any atom is 0.264 e. The first-order valence-corrected chi connectivity index (χ1v) is 12.8. The number of hydrogen-bond donors (Lipinski definition) is 1. The number of rotatable bonds is 6. The van der Waals surface area contributed by atoms with Crippen molar-refractivity contribution in [3.8, 4) is 0 Å². The minimum atomic E-state index is -0.231. The molecular weight excluding hydrogens is 582 g/mol. The molecule has 7 heteroatoms. The van der Waals surface area contributed by atoms with Gasteiger partial charge in [0.2, 0.25) is 0 Å². The van der Waals surface area contributed by atoms with Gasteiger partial charge in [-0.15, -0.1) is 0 Å². The molecule has 3 nitrogen and oxygen atoms in total. The molecule has 0 radical (unpaired) electrons. The van der Waals surface area contributed by atoms with E-state index in [1.54, 1.807) is 0 Å². The van der Waals surface area contributed by atoms with Gasteiger partial charge in [-0.2, -0.15) is 0 Å². The number of amides is 1. The second-order valence-electron chi connectivity index (χ2n) is 7.24. The van der Waals surface area contributed by atoms with Crippen LogP contribution in [0.25, 0.3) is 11.1 Å². The normalized spacial score (nSPS) is 15.4. The van der Waals surface area contributed by atoms with Crippen molar-refractivity contribution in [2.45, 2.75) is 6.42 Å². The fourth-order valence-electron chi connectivity index (χ4n) is 3.37. The van der Waals surface area contributed by atoms with E-state index in [1.807, 2.05) is 84.9 Å². The van der Waals surface area contributed by atoms with Crippen LogP contribution in [0.5, 0.6) is 0 Å². The Hall–Kier alpha value is -2.32. The van der Waals surface area contributed by atoms with Crippen LogP contribution in [0.1, 0.15) is 27.9 Å². The molecule has 0 bridgehead atoms. The lowest BCUT2D eigenvalue weighted by Gasteiger charge is -2.12. The van der Waals surface area contributed by atoms with Gasteiger partial charge in [-0.05, 0) is 47.0 Å². The molecule has 3 aromatic rings. The standard InChI is InChI=1S/C26H17Br2NO2S2/c27-20-10-6-17(7-11-20)22(24-25(31)29-26(32)33-24)14-19(16-4-2-1-3-5-16)15-23(30)18-8-12-21(28)13-9-18/h1-14H,15H2,(H,29,31,32)/b19-14+,24-22-. The van der Waals surface area contributed by atoms with Crippen LogP contribution in [-0.4, -0.2) is 16.0 Å². The summed E-state index contributed by atoms with van der Waals surface area (Å²) in [5, 5.41) is 2.70. The first kappa shape index (κ1) is 23.8. The summed E-state index contributed by atoms with van der Waals surface area (Å²) in [4.78, 5) is 26.3. The summed E-state index contributed by atoms with van der Waals surface area (Å²) >= 11 is 13.3. The molecule has 0 spiro atoms. The number of benzene rings is 3. The average molecular weight is 599 g/mol. The molecule has 164 valence electrons. The number of halogens is 2. The molecule has 0 atom stereocenters. The van der Waals surface area contributed by atoms with Gasteiger partial charge in [-0.3, -0.25) is 9.59 Å². The molecule has 1 saturated heterocycles. The predicted octanol–water partition coefficient (Wildman–Crippen LogP) is 7.43. The van der Waals surface area contributed by atoms with E-state index in [9.17, 15) is 9.59 Å². The number of hydrogen-bond acceptors (Lipinski definition) is 4. The number of thiocarbonyl (C=S) groups is 1. The van der Waals surface area contributed by atoms with E-state index in [4.69, 9.17) is 12.2 Å². The molecule has 0 unspecified atom stereocenters. The number of nitrogens with one attached hydrogen (secondary N) is 1. The van der Waals surface area contributed by atoms with E-state index in [0.717, 1.165) is 31.2 Å². The second-order valence-corrected chi connectivity index (χ2v) is 10.8. The minimum Gasteiger partial charge on any atom is -0.307 e. The Labute approximate surface area is 218 Å². The highest BCUT2D eigenvalue weighted by Crippen LogP contribution is 2.36. The monoisotopic (exact) mass is 597 g/mol. The van der Waals surface area contributed by atoms with E-state index in [1.165, 1.54) is 11.8 Å². The van der Waals surface area contributed by atoms with Crippen LogP contribution in [0.15, 0.2) is 98.8 Å². The van der Waals surface area contributed by atoms with Crippen LogP contribution < -0.4 is 5.32 Å². The molecule has 1 fully saturated rings. The smallest absolute Gasteiger partial charge is 0.264 e. The van der Waals surface area contributed by atoms with Crippen LogP contribution in [0.3, 0.4) is 0 Å². The lowest BCUT2D eigenvalue weighted by molar-refractivity contribution is -0.115. The Kier molecular flexibility index (Phi) is 7.75. The van der Waals surface area contributed by atoms with E-state index in [2.05, 4.69) is 37.2 Å². The number of carbonyl (C=O) groups is 2. The molecule has 1 N–H and O–H groups in total. The summed E-state index contributed by atoms with van der Waals surface area (Å²) in [5.41, 5.74) is 3.97. The summed E-state index contributed by atoms with van der Waals surface area (Å²) in [5.74, 6) is -0.234. The van der Waals surface area contributed by atoms with E-state index >= 15 is 0 Å². The molecule has 3 aromatic carbocycles. The van der Waals surface area contributed by atoms with E-state index in [0.29, 0.717) is 14.8 Å². The van der Waals surface area contributed by atoms with Crippen molar-refractivity contribution in [2.24, 2.45) is 0 Å². The zero-order valence-corrected chi connectivity index (χ0v) is 22.0.